The number of carbonyl (C=O) groups is 1. The summed E-state index contributed by atoms with van der Waals surface area (Å²) in [5, 5.41) is 3.48. The van der Waals surface area contributed by atoms with Crippen molar-refractivity contribution in [2.45, 2.75) is 6.42 Å². The second-order valence-corrected chi connectivity index (χ2v) is 7.13. The molecule has 1 amide bonds. The van der Waals surface area contributed by atoms with E-state index >= 15 is 0 Å². The highest BCUT2D eigenvalue weighted by Gasteiger charge is 2.07. The number of ether oxygens (including phenoxy) is 1. The van der Waals surface area contributed by atoms with Crippen molar-refractivity contribution in [2.24, 2.45) is 0 Å². The van der Waals surface area contributed by atoms with Crippen LogP contribution in [-0.2, 0) is 11.2 Å². The maximum atomic E-state index is 12.2. The molecule has 3 aromatic carbocycles. The van der Waals surface area contributed by atoms with Crippen LogP contribution < -0.4 is 10.1 Å². The number of carbonyl (C=O) groups excluding carboxylic acids is 1. The summed E-state index contributed by atoms with van der Waals surface area (Å²) in [5.74, 6) is 1.19. The molecule has 1 aromatic heterocycles. The number of nitrogens with one attached hydrogen (secondary N) is 1. The number of anilines is 1. The Morgan fingerprint density at radius 1 is 1.10 bits per heavy atom. The van der Waals surface area contributed by atoms with Crippen molar-refractivity contribution < 1.29 is 13.9 Å². The highest BCUT2D eigenvalue weighted by molar-refractivity contribution is 6.31. The first kappa shape index (κ1) is 19.7. The van der Waals surface area contributed by atoms with E-state index in [2.05, 4.69) is 10.3 Å². The Morgan fingerprint density at radius 3 is 2.60 bits per heavy atom. The molecule has 4 rings (SSSR count). The summed E-state index contributed by atoms with van der Waals surface area (Å²) in [6, 6.07) is 20.4. The zero-order valence-corrected chi connectivity index (χ0v) is 17.0. The van der Waals surface area contributed by atoms with E-state index in [9.17, 15) is 4.79 Å². The molecule has 0 radical (unpaired) electrons. The van der Waals surface area contributed by atoms with E-state index in [0.29, 0.717) is 28.6 Å². The molecule has 5 nitrogen and oxygen atoms in total. The molecular weight excluding hydrogens is 400 g/mol. The summed E-state index contributed by atoms with van der Waals surface area (Å²) in [4.78, 5) is 16.6. The average Bonchev–Trinajstić information content (AvgIpc) is 3.15. The molecule has 4 aromatic rings. The van der Waals surface area contributed by atoms with Crippen LogP contribution in [0.2, 0.25) is 5.02 Å². The third-order valence-electron chi connectivity index (χ3n) is 4.51. The number of rotatable bonds is 6. The first-order chi connectivity index (χ1) is 14.6. The Morgan fingerprint density at radius 2 is 1.87 bits per heavy atom. The first-order valence-electron chi connectivity index (χ1n) is 9.36. The molecule has 0 bridgehead atoms. The highest BCUT2D eigenvalue weighted by atomic mass is 35.5. The number of halogens is 1. The maximum Gasteiger partial charge on any atom is 0.248 e. The number of hydrogen-bond acceptors (Lipinski definition) is 4. The molecule has 0 atom stereocenters. The largest absolute Gasteiger partial charge is 0.497 e. The summed E-state index contributed by atoms with van der Waals surface area (Å²) in [6.07, 6.45) is 3.81. The summed E-state index contributed by atoms with van der Waals surface area (Å²) >= 11 is 5.99. The number of amides is 1. The Hall–Kier alpha value is -3.57. The molecule has 0 aliphatic carbocycles. The third-order valence-corrected chi connectivity index (χ3v) is 4.75. The van der Waals surface area contributed by atoms with Gasteiger partial charge < -0.3 is 14.5 Å². The van der Waals surface area contributed by atoms with Crippen LogP contribution in [-0.4, -0.2) is 18.0 Å². The van der Waals surface area contributed by atoms with Gasteiger partial charge in [0.05, 0.1) is 7.11 Å². The van der Waals surface area contributed by atoms with Crippen LogP contribution in [0.4, 0.5) is 5.69 Å². The molecule has 0 aliphatic heterocycles. The molecular formula is C24H19ClN2O3. The predicted molar refractivity (Wildman–Crippen MR) is 119 cm³/mol. The van der Waals surface area contributed by atoms with E-state index in [-0.39, 0.29) is 5.91 Å². The van der Waals surface area contributed by atoms with Crippen LogP contribution in [0.1, 0.15) is 17.0 Å². The highest BCUT2D eigenvalue weighted by Crippen LogP contribution is 2.22. The number of hydrogen-bond donors (Lipinski definition) is 1. The first-order valence-corrected chi connectivity index (χ1v) is 9.74. The predicted octanol–water partition coefficient (Wildman–Crippen LogP) is 5.73. The van der Waals surface area contributed by atoms with Gasteiger partial charge in [-0.05, 0) is 59.7 Å². The van der Waals surface area contributed by atoms with E-state index < -0.39 is 0 Å². The number of oxazole rings is 1. The molecule has 0 saturated carbocycles. The number of fused-ring (bicyclic) bond motifs is 1. The van der Waals surface area contributed by atoms with Gasteiger partial charge in [0, 0.05) is 23.2 Å². The van der Waals surface area contributed by atoms with Crippen molar-refractivity contribution in [1.29, 1.82) is 0 Å². The van der Waals surface area contributed by atoms with E-state index in [0.717, 1.165) is 22.4 Å². The molecule has 0 spiro atoms. The van der Waals surface area contributed by atoms with E-state index in [1.165, 1.54) is 6.08 Å². The zero-order chi connectivity index (χ0) is 20.9. The summed E-state index contributed by atoms with van der Waals surface area (Å²) in [7, 11) is 1.62. The van der Waals surface area contributed by atoms with Crippen molar-refractivity contribution in [3.05, 3.63) is 94.8 Å². The lowest BCUT2D eigenvalue weighted by Crippen LogP contribution is -2.07. The molecule has 1 heterocycles. The molecule has 150 valence electrons. The van der Waals surface area contributed by atoms with E-state index in [1.807, 2.05) is 54.6 Å². The van der Waals surface area contributed by atoms with Crippen LogP contribution in [0.5, 0.6) is 5.75 Å². The zero-order valence-electron chi connectivity index (χ0n) is 16.3. The van der Waals surface area contributed by atoms with Gasteiger partial charge in [-0.25, -0.2) is 4.98 Å². The van der Waals surface area contributed by atoms with Gasteiger partial charge in [0.15, 0.2) is 11.5 Å². The minimum atomic E-state index is -0.200. The monoisotopic (exact) mass is 418 g/mol. The number of nitrogens with zero attached hydrogens (tertiary/aromatic N) is 1. The lowest BCUT2D eigenvalue weighted by Gasteiger charge is -2.04. The van der Waals surface area contributed by atoms with Gasteiger partial charge in [0.2, 0.25) is 5.91 Å². The Kier molecular flexibility index (Phi) is 5.82. The van der Waals surface area contributed by atoms with Crippen molar-refractivity contribution in [3.63, 3.8) is 0 Å². The van der Waals surface area contributed by atoms with Crippen LogP contribution in [0.15, 0.2) is 77.2 Å². The number of benzene rings is 3. The molecule has 30 heavy (non-hydrogen) atoms. The smallest absolute Gasteiger partial charge is 0.248 e. The van der Waals surface area contributed by atoms with Crippen LogP contribution >= 0.6 is 11.6 Å². The van der Waals surface area contributed by atoms with Gasteiger partial charge in [-0.1, -0.05) is 35.9 Å². The maximum absolute atomic E-state index is 12.2. The van der Waals surface area contributed by atoms with Gasteiger partial charge in [0.1, 0.15) is 11.3 Å². The van der Waals surface area contributed by atoms with Gasteiger partial charge in [-0.15, -0.1) is 0 Å². The van der Waals surface area contributed by atoms with Crippen LogP contribution in [0, 0.1) is 0 Å². The molecule has 0 unspecified atom stereocenters. The van der Waals surface area contributed by atoms with Crippen LogP contribution in [0.3, 0.4) is 0 Å². The molecule has 0 aliphatic rings. The van der Waals surface area contributed by atoms with Crippen molar-refractivity contribution >= 4 is 40.4 Å². The normalized spacial score (nSPS) is 11.1. The quantitative estimate of drug-likeness (QED) is 0.406. The lowest BCUT2D eigenvalue weighted by atomic mass is 10.1. The number of methoxy groups -OCH3 is 1. The van der Waals surface area contributed by atoms with E-state index in [4.69, 9.17) is 20.8 Å². The second-order valence-electron chi connectivity index (χ2n) is 6.69. The third kappa shape index (κ3) is 4.88. The summed E-state index contributed by atoms with van der Waals surface area (Å²) < 4.78 is 10.9. The Bertz CT molecular complexity index is 1200. The fourth-order valence-electron chi connectivity index (χ4n) is 2.98. The molecule has 0 fully saturated rings. The van der Waals surface area contributed by atoms with Gasteiger partial charge >= 0.3 is 0 Å². The second kappa shape index (κ2) is 8.84. The fraction of sp³-hybridized carbons (Fsp3) is 0.0833. The van der Waals surface area contributed by atoms with Crippen molar-refractivity contribution in [3.8, 4) is 5.75 Å². The van der Waals surface area contributed by atoms with Gasteiger partial charge in [0.25, 0.3) is 0 Å². The van der Waals surface area contributed by atoms with Crippen molar-refractivity contribution in [1.82, 2.24) is 4.98 Å². The Balaban J connectivity index is 1.36. The topological polar surface area (TPSA) is 64.4 Å². The lowest BCUT2D eigenvalue weighted by molar-refractivity contribution is -0.111. The minimum Gasteiger partial charge on any atom is -0.497 e. The fourth-order valence-corrected chi connectivity index (χ4v) is 3.14. The van der Waals surface area contributed by atoms with Gasteiger partial charge in [-0.2, -0.15) is 0 Å². The van der Waals surface area contributed by atoms with Crippen LogP contribution in [0.25, 0.3) is 17.2 Å². The summed E-state index contributed by atoms with van der Waals surface area (Å²) in [6.45, 7) is 0. The standard InChI is InChI=1S/C24H19ClN2O3/c1-29-20-10-4-16(5-11-20)6-13-23(28)26-19-8-2-17(3-9-19)14-24-27-21-15-18(25)7-12-22(21)30-24/h2-13,15H,14H2,1H3,(H,26,28)/b13-6+. The molecule has 0 saturated heterocycles. The minimum absolute atomic E-state index is 0.200. The average molecular weight is 419 g/mol. The Labute approximate surface area is 179 Å². The van der Waals surface area contributed by atoms with E-state index in [1.54, 1.807) is 25.3 Å². The molecule has 6 heteroatoms. The van der Waals surface area contributed by atoms with Crippen molar-refractivity contribution in [2.75, 3.05) is 12.4 Å². The summed E-state index contributed by atoms with van der Waals surface area (Å²) in [5.41, 5.74) is 4.11. The molecule has 1 N–H and O–H groups in total. The van der Waals surface area contributed by atoms with Gasteiger partial charge in [-0.3, -0.25) is 4.79 Å². The SMILES string of the molecule is COc1ccc(/C=C/C(=O)Nc2ccc(Cc3nc4cc(Cl)ccc4o3)cc2)cc1. The number of aromatic nitrogens is 1.